The molecule has 1 fully saturated rings. The monoisotopic (exact) mass is 250 g/mol. The first-order valence-corrected chi connectivity index (χ1v) is 6.35. The number of aromatic nitrogens is 1. The number of hydrogen-bond acceptors (Lipinski definition) is 3. The van der Waals surface area contributed by atoms with Crippen LogP contribution in [0.3, 0.4) is 0 Å². The van der Waals surface area contributed by atoms with Crippen molar-refractivity contribution in [2.45, 2.75) is 24.9 Å². The summed E-state index contributed by atoms with van der Waals surface area (Å²) in [6.07, 6.45) is 5.32. The topological polar surface area (TPSA) is 56.9 Å². The molecule has 0 spiro atoms. The Balaban J connectivity index is 1.97. The van der Waals surface area contributed by atoms with E-state index >= 15 is 0 Å². The predicted octanol–water partition coefficient (Wildman–Crippen LogP) is 2.80. The molecule has 19 heavy (non-hydrogen) atoms. The Kier molecular flexibility index (Phi) is 2.81. The maximum absolute atomic E-state index is 9.33. The summed E-state index contributed by atoms with van der Waals surface area (Å²) in [5.74, 6) is 0. The third-order valence-electron chi connectivity index (χ3n) is 3.79. The number of pyridine rings is 1. The molecule has 1 aromatic heterocycles. The standard InChI is InChI=1S/C16H14N2O/c17-11-16(6-7-16)14-3-1-12(2-4-14)15-5-8-18-9-13(15)10-19/h1-5,8-9,19H,6-7,10H2. The highest BCUT2D eigenvalue weighted by molar-refractivity contribution is 5.67. The fourth-order valence-electron chi connectivity index (χ4n) is 2.39. The van der Waals surface area contributed by atoms with E-state index in [1.807, 2.05) is 30.3 Å². The molecular formula is C16H14N2O. The van der Waals surface area contributed by atoms with Gasteiger partial charge in [0.25, 0.3) is 0 Å². The van der Waals surface area contributed by atoms with Crippen molar-refractivity contribution in [1.29, 1.82) is 5.26 Å². The van der Waals surface area contributed by atoms with E-state index in [9.17, 15) is 10.4 Å². The van der Waals surface area contributed by atoms with Crippen molar-refractivity contribution < 1.29 is 5.11 Å². The summed E-state index contributed by atoms with van der Waals surface area (Å²) in [6, 6.07) is 12.4. The molecule has 0 amide bonds. The molecule has 1 N–H and O–H groups in total. The van der Waals surface area contributed by atoms with Gasteiger partial charge < -0.3 is 5.11 Å². The molecule has 0 unspecified atom stereocenters. The number of nitriles is 1. The van der Waals surface area contributed by atoms with Gasteiger partial charge in [0.1, 0.15) is 0 Å². The van der Waals surface area contributed by atoms with E-state index in [0.29, 0.717) is 0 Å². The van der Waals surface area contributed by atoms with Gasteiger partial charge in [-0.05, 0) is 35.6 Å². The summed E-state index contributed by atoms with van der Waals surface area (Å²) in [7, 11) is 0. The van der Waals surface area contributed by atoms with Crippen LogP contribution in [0.25, 0.3) is 11.1 Å². The van der Waals surface area contributed by atoms with Gasteiger partial charge in [-0.3, -0.25) is 4.98 Å². The van der Waals surface area contributed by atoms with Crippen molar-refractivity contribution in [2.24, 2.45) is 0 Å². The molecule has 2 aromatic rings. The Bertz CT molecular complexity index is 637. The van der Waals surface area contributed by atoms with Crippen molar-refractivity contribution >= 4 is 0 Å². The van der Waals surface area contributed by atoms with E-state index in [4.69, 9.17) is 0 Å². The summed E-state index contributed by atoms with van der Waals surface area (Å²) in [4.78, 5) is 4.02. The van der Waals surface area contributed by atoms with Crippen molar-refractivity contribution in [3.8, 4) is 17.2 Å². The van der Waals surface area contributed by atoms with Crippen LogP contribution in [0.4, 0.5) is 0 Å². The van der Waals surface area contributed by atoms with Crippen LogP contribution < -0.4 is 0 Å². The van der Waals surface area contributed by atoms with Gasteiger partial charge in [-0.1, -0.05) is 24.3 Å². The third kappa shape index (κ3) is 2.00. The SMILES string of the molecule is N#CC1(c2ccc(-c3ccncc3CO)cc2)CC1. The summed E-state index contributed by atoms with van der Waals surface area (Å²) in [6.45, 7) is -0.0208. The zero-order chi connectivity index (χ0) is 13.3. The molecule has 0 aliphatic heterocycles. The first-order chi connectivity index (χ1) is 9.29. The van der Waals surface area contributed by atoms with E-state index in [-0.39, 0.29) is 12.0 Å². The van der Waals surface area contributed by atoms with Crippen LogP contribution in [0.1, 0.15) is 24.0 Å². The molecule has 0 radical (unpaired) electrons. The van der Waals surface area contributed by atoms with E-state index in [2.05, 4.69) is 11.1 Å². The van der Waals surface area contributed by atoms with Crippen LogP contribution in [0.2, 0.25) is 0 Å². The average Bonchev–Trinajstić information content (AvgIpc) is 3.28. The zero-order valence-electron chi connectivity index (χ0n) is 10.5. The van der Waals surface area contributed by atoms with Crippen molar-refractivity contribution in [1.82, 2.24) is 4.98 Å². The van der Waals surface area contributed by atoms with E-state index in [1.54, 1.807) is 12.4 Å². The van der Waals surface area contributed by atoms with Gasteiger partial charge in [-0.25, -0.2) is 0 Å². The number of aliphatic hydroxyl groups is 1. The molecule has 1 saturated carbocycles. The lowest BCUT2D eigenvalue weighted by Crippen LogP contribution is -2.01. The van der Waals surface area contributed by atoms with Gasteiger partial charge in [-0.2, -0.15) is 5.26 Å². The Hall–Kier alpha value is -2.18. The number of nitrogens with zero attached hydrogens (tertiary/aromatic N) is 2. The summed E-state index contributed by atoms with van der Waals surface area (Å²) in [5.41, 5.74) is 3.71. The van der Waals surface area contributed by atoms with Crippen LogP contribution in [0.15, 0.2) is 42.7 Å². The van der Waals surface area contributed by atoms with Crippen molar-refractivity contribution in [3.63, 3.8) is 0 Å². The summed E-state index contributed by atoms with van der Waals surface area (Å²) in [5, 5.41) is 18.5. The fraction of sp³-hybridized carbons (Fsp3) is 0.250. The van der Waals surface area contributed by atoms with Crippen molar-refractivity contribution in [2.75, 3.05) is 0 Å². The Morgan fingerprint density at radius 3 is 2.53 bits per heavy atom. The van der Waals surface area contributed by atoms with Crippen LogP contribution in [0.5, 0.6) is 0 Å². The molecular weight excluding hydrogens is 236 g/mol. The minimum absolute atomic E-state index is 0.0208. The number of rotatable bonds is 3. The van der Waals surface area contributed by atoms with Crippen molar-refractivity contribution in [3.05, 3.63) is 53.9 Å². The molecule has 3 rings (SSSR count). The average molecular weight is 250 g/mol. The van der Waals surface area contributed by atoms with Gasteiger partial charge in [0.15, 0.2) is 0 Å². The second-order valence-electron chi connectivity index (χ2n) is 4.96. The molecule has 1 aliphatic carbocycles. The minimum Gasteiger partial charge on any atom is -0.392 e. The third-order valence-corrected chi connectivity index (χ3v) is 3.79. The smallest absolute Gasteiger partial charge is 0.0823 e. The second kappa shape index (κ2) is 4.49. The second-order valence-corrected chi connectivity index (χ2v) is 4.96. The van der Waals surface area contributed by atoms with Gasteiger partial charge >= 0.3 is 0 Å². The Morgan fingerprint density at radius 2 is 1.95 bits per heavy atom. The fourth-order valence-corrected chi connectivity index (χ4v) is 2.39. The Labute approximate surface area is 112 Å². The quantitative estimate of drug-likeness (QED) is 0.911. The zero-order valence-corrected chi connectivity index (χ0v) is 10.5. The van der Waals surface area contributed by atoms with Gasteiger partial charge in [0, 0.05) is 18.0 Å². The maximum atomic E-state index is 9.33. The maximum Gasteiger partial charge on any atom is 0.0823 e. The number of hydrogen-bond donors (Lipinski definition) is 1. The molecule has 1 aromatic carbocycles. The molecule has 3 nitrogen and oxygen atoms in total. The number of benzene rings is 1. The molecule has 3 heteroatoms. The predicted molar refractivity (Wildman–Crippen MR) is 72.1 cm³/mol. The van der Waals surface area contributed by atoms with E-state index in [0.717, 1.165) is 35.1 Å². The molecule has 94 valence electrons. The molecule has 1 aliphatic rings. The highest BCUT2D eigenvalue weighted by atomic mass is 16.3. The highest BCUT2D eigenvalue weighted by Crippen LogP contribution is 2.47. The molecule has 0 saturated heterocycles. The van der Waals surface area contributed by atoms with Crippen LogP contribution in [-0.2, 0) is 12.0 Å². The van der Waals surface area contributed by atoms with Crippen LogP contribution in [0, 0.1) is 11.3 Å². The van der Waals surface area contributed by atoms with Crippen LogP contribution in [-0.4, -0.2) is 10.1 Å². The summed E-state index contributed by atoms with van der Waals surface area (Å²) >= 11 is 0. The van der Waals surface area contributed by atoms with Gasteiger partial charge in [-0.15, -0.1) is 0 Å². The lowest BCUT2D eigenvalue weighted by molar-refractivity contribution is 0.282. The Morgan fingerprint density at radius 1 is 1.21 bits per heavy atom. The van der Waals surface area contributed by atoms with Gasteiger partial charge in [0.05, 0.1) is 18.1 Å². The normalized spacial score (nSPS) is 15.8. The van der Waals surface area contributed by atoms with E-state index in [1.165, 1.54) is 0 Å². The van der Waals surface area contributed by atoms with Crippen LogP contribution >= 0.6 is 0 Å². The molecule has 1 heterocycles. The molecule has 0 atom stereocenters. The first kappa shape index (κ1) is 11.9. The highest BCUT2D eigenvalue weighted by Gasteiger charge is 2.44. The summed E-state index contributed by atoms with van der Waals surface area (Å²) < 4.78 is 0. The largest absolute Gasteiger partial charge is 0.392 e. The van der Waals surface area contributed by atoms with E-state index < -0.39 is 0 Å². The lowest BCUT2D eigenvalue weighted by atomic mass is 9.94. The van der Waals surface area contributed by atoms with Gasteiger partial charge in [0.2, 0.25) is 0 Å². The first-order valence-electron chi connectivity index (χ1n) is 6.35. The lowest BCUT2D eigenvalue weighted by Gasteiger charge is -2.10. The minimum atomic E-state index is -0.240. The molecule has 0 bridgehead atoms. The number of aliphatic hydroxyl groups excluding tert-OH is 1.